The lowest BCUT2D eigenvalue weighted by molar-refractivity contribution is 0.0725. The lowest BCUT2D eigenvalue weighted by Gasteiger charge is -2.09. The lowest BCUT2D eigenvalue weighted by atomic mass is 10.0. The van der Waals surface area contributed by atoms with Crippen LogP contribution >= 0.6 is 0 Å². The number of hydrogen-bond donors (Lipinski definition) is 0. The summed E-state index contributed by atoms with van der Waals surface area (Å²) in [6, 6.07) is 14.4. The molecule has 6 heteroatoms. The Bertz CT molecular complexity index is 946. The molecule has 0 saturated heterocycles. The Morgan fingerprint density at radius 1 is 0.852 bits per heavy atom. The molecule has 3 aromatic rings. The molecule has 0 N–H and O–H groups in total. The van der Waals surface area contributed by atoms with Crippen molar-refractivity contribution in [3.05, 3.63) is 65.2 Å². The Morgan fingerprint density at radius 3 is 2.15 bits per heavy atom. The minimum Gasteiger partial charge on any atom is -0.497 e. The van der Waals surface area contributed by atoms with Gasteiger partial charge in [0.25, 0.3) is 0 Å². The van der Waals surface area contributed by atoms with E-state index in [4.69, 9.17) is 14.2 Å². The number of carbonyl (C=O) groups excluding carboxylic acids is 1. The van der Waals surface area contributed by atoms with Crippen LogP contribution in [0.2, 0.25) is 0 Å². The molecule has 0 unspecified atom stereocenters. The smallest absolute Gasteiger partial charge is 0.345 e. The highest BCUT2D eigenvalue weighted by molar-refractivity contribution is 5.91. The first-order valence-electron chi connectivity index (χ1n) is 8.37. The van der Waals surface area contributed by atoms with Crippen LogP contribution in [0.15, 0.2) is 48.5 Å². The normalized spacial score (nSPS) is 10.4. The number of hydrogen-bond acceptors (Lipinski definition) is 6. The summed E-state index contributed by atoms with van der Waals surface area (Å²) < 4.78 is 15.7. The van der Waals surface area contributed by atoms with Gasteiger partial charge in [-0.25, -0.2) is 4.79 Å². The van der Waals surface area contributed by atoms with Crippen LogP contribution in [-0.2, 0) is 0 Å². The summed E-state index contributed by atoms with van der Waals surface area (Å²) >= 11 is 0. The summed E-state index contributed by atoms with van der Waals surface area (Å²) in [6.45, 7) is 4.04. The van der Waals surface area contributed by atoms with E-state index in [0.29, 0.717) is 17.1 Å². The molecule has 3 rings (SSSR count). The van der Waals surface area contributed by atoms with Crippen molar-refractivity contribution < 1.29 is 19.0 Å². The molecule has 0 aliphatic carbocycles. The van der Waals surface area contributed by atoms with E-state index in [1.165, 1.54) is 14.2 Å². The Morgan fingerprint density at radius 2 is 1.56 bits per heavy atom. The van der Waals surface area contributed by atoms with Crippen molar-refractivity contribution in [2.45, 2.75) is 13.8 Å². The lowest BCUT2D eigenvalue weighted by Crippen LogP contribution is -2.10. The fourth-order valence-electron chi connectivity index (χ4n) is 2.61. The van der Waals surface area contributed by atoms with Crippen LogP contribution in [0.4, 0.5) is 0 Å². The number of benzene rings is 2. The van der Waals surface area contributed by atoms with Gasteiger partial charge in [0.1, 0.15) is 11.5 Å². The number of nitrogens with zero attached hydrogens (tertiary/aromatic N) is 2. The van der Waals surface area contributed by atoms with Crippen molar-refractivity contribution in [2.24, 2.45) is 0 Å². The average molecular weight is 364 g/mol. The first-order chi connectivity index (χ1) is 13.0. The number of carbonyl (C=O) groups is 1. The molecular formula is C21H20N2O4. The molecule has 0 aliphatic rings. The minimum absolute atomic E-state index is 0.121. The van der Waals surface area contributed by atoms with Crippen molar-refractivity contribution in [3.8, 4) is 28.6 Å². The van der Waals surface area contributed by atoms with Gasteiger partial charge in [-0.15, -0.1) is 10.2 Å². The molecule has 0 radical (unpaired) electrons. The Labute approximate surface area is 157 Å². The van der Waals surface area contributed by atoms with Crippen LogP contribution in [0.5, 0.6) is 17.4 Å². The molecule has 2 aromatic carbocycles. The molecule has 138 valence electrons. The predicted octanol–water partition coefficient (Wildman–Crippen LogP) is 4.00. The minimum atomic E-state index is -0.569. The van der Waals surface area contributed by atoms with E-state index in [2.05, 4.69) is 10.2 Å². The summed E-state index contributed by atoms with van der Waals surface area (Å²) in [4.78, 5) is 12.4. The second-order valence-corrected chi connectivity index (χ2v) is 6.07. The van der Waals surface area contributed by atoms with Crippen molar-refractivity contribution >= 4 is 5.97 Å². The third-order valence-corrected chi connectivity index (χ3v) is 4.09. The number of esters is 1. The third kappa shape index (κ3) is 4.23. The maximum Gasteiger partial charge on any atom is 0.345 e. The van der Waals surface area contributed by atoms with Crippen LogP contribution in [0.25, 0.3) is 11.3 Å². The summed E-state index contributed by atoms with van der Waals surface area (Å²) in [7, 11) is 3.03. The van der Waals surface area contributed by atoms with E-state index in [-0.39, 0.29) is 5.88 Å². The van der Waals surface area contributed by atoms with Crippen LogP contribution in [0, 0.1) is 13.8 Å². The van der Waals surface area contributed by atoms with Gasteiger partial charge in [-0.05, 0) is 43.7 Å². The van der Waals surface area contributed by atoms with Gasteiger partial charge in [-0.3, -0.25) is 0 Å². The average Bonchev–Trinajstić information content (AvgIpc) is 2.70. The molecule has 0 saturated carbocycles. The topological polar surface area (TPSA) is 70.5 Å². The number of aromatic nitrogens is 2. The Kier molecular flexibility index (Phi) is 5.35. The monoisotopic (exact) mass is 364 g/mol. The first-order valence-corrected chi connectivity index (χ1v) is 8.37. The maximum atomic E-state index is 12.4. The van der Waals surface area contributed by atoms with Gasteiger partial charge in [0.05, 0.1) is 25.5 Å². The summed E-state index contributed by atoms with van der Waals surface area (Å²) in [5.74, 6) is 0.548. The van der Waals surface area contributed by atoms with Gasteiger partial charge in [0, 0.05) is 17.7 Å². The second kappa shape index (κ2) is 7.86. The summed E-state index contributed by atoms with van der Waals surface area (Å²) in [5, 5.41) is 8.21. The van der Waals surface area contributed by atoms with Gasteiger partial charge in [-0.1, -0.05) is 17.7 Å². The number of ether oxygens (including phenoxy) is 3. The highest BCUT2D eigenvalue weighted by Gasteiger charge is 2.14. The first kappa shape index (κ1) is 18.4. The fourth-order valence-corrected chi connectivity index (χ4v) is 2.61. The Balaban J connectivity index is 1.80. The highest BCUT2D eigenvalue weighted by atomic mass is 16.5. The number of methoxy groups -OCH3 is 2. The van der Waals surface area contributed by atoms with Gasteiger partial charge in [0.2, 0.25) is 5.88 Å². The van der Waals surface area contributed by atoms with Crippen LogP contribution in [0.1, 0.15) is 21.5 Å². The molecule has 1 aromatic heterocycles. The van der Waals surface area contributed by atoms with Crippen LogP contribution < -0.4 is 14.2 Å². The molecule has 0 fully saturated rings. The zero-order valence-electron chi connectivity index (χ0n) is 15.6. The molecule has 0 atom stereocenters. The van der Waals surface area contributed by atoms with Gasteiger partial charge in [-0.2, -0.15) is 0 Å². The number of rotatable bonds is 5. The van der Waals surface area contributed by atoms with Gasteiger partial charge >= 0.3 is 5.97 Å². The number of aryl methyl sites for hydroxylation is 2. The van der Waals surface area contributed by atoms with E-state index in [1.54, 1.807) is 30.3 Å². The van der Waals surface area contributed by atoms with Gasteiger partial charge in [0.15, 0.2) is 0 Å². The highest BCUT2D eigenvalue weighted by Crippen LogP contribution is 2.25. The molecule has 27 heavy (non-hydrogen) atoms. The molecular weight excluding hydrogens is 344 g/mol. The van der Waals surface area contributed by atoms with E-state index in [0.717, 1.165) is 22.4 Å². The van der Waals surface area contributed by atoms with Crippen LogP contribution in [0.3, 0.4) is 0 Å². The maximum absolute atomic E-state index is 12.4. The van der Waals surface area contributed by atoms with Gasteiger partial charge < -0.3 is 14.2 Å². The quantitative estimate of drug-likeness (QED) is 0.638. The molecule has 1 heterocycles. The SMILES string of the molecule is COc1cc(OC)cc(C(=O)Oc2ccc(-c3cc(C)ccc3C)nn2)c1. The predicted molar refractivity (Wildman–Crippen MR) is 101 cm³/mol. The largest absolute Gasteiger partial charge is 0.497 e. The van der Waals surface area contributed by atoms with Crippen molar-refractivity contribution in [1.82, 2.24) is 10.2 Å². The van der Waals surface area contributed by atoms with Crippen molar-refractivity contribution in [3.63, 3.8) is 0 Å². The molecule has 0 amide bonds. The zero-order chi connectivity index (χ0) is 19.4. The van der Waals surface area contributed by atoms with E-state index in [1.807, 2.05) is 32.0 Å². The third-order valence-electron chi connectivity index (χ3n) is 4.09. The molecule has 0 spiro atoms. The van der Waals surface area contributed by atoms with Crippen molar-refractivity contribution in [1.29, 1.82) is 0 Å². The molecule has 0 aliphatic heterocycles. The van der Waals surface area contributed by atoms with E-state index >= 15 is 0 Å². The van der Waals surface area contributed by atoms with E-state index < -0.39 is 5.97 Å². The molecule has 6 nitrogen and oxygen atoms in total. The van der Waals surface area contributed by atoms with E-state index in [9.17, 15) is 4.79 Å². The second-order valence-electron chi connectivity index (χ2n) is 6.07. The standard InChI is InChI=1S/C21H20N2O4/c1-13-5-6-14(2)18(9-13)19-7-8-20(23-22-19)27-21(24)15-10-16(25-3)12-17(11-15)26-4/h5-12H,1-4H3. The zero-order valence-corrected chi connectivity index (χ0v) is 15.6. The van der Waals surface area contributed by atoms with Crippen molar-refractivity contribution in [2.75, 3.05) is 14.2 Å². The fraction of sp³-hybridized carbons (Fsp3) is 0.190. The summed E-state index contributed by atoms with van der Waals surface area (Å²) in [6.07, 6.45) is 0. The van der Waals surface area contributed by atoms with Crippen LogP contribution in [-0.4, -0.2) is 30.4 Å². The summed E-state index contributed by atoms with van der Waals surface area (Å²) in [5.41, 5.74) is 4.26. The molecule has 0 bridgehead atoms. The Hall–Kier alpha value is -3.41.